The van der Waals surface area contributed by atoms with Gasteiger partial charge in [0.05, 0.1) is 12.7 Å². The Balaban J connectivity index is 2.00. The maximum absolute atomic E-state index is 12.9. The number of methoxy groups -OCH3 is 1. The average Bonchev–Trinajstić information content (AvgIpc) is 2.63. The molecule has 0 amide bonds. The van der Waals surface area contributed by atoms with Gasteiger partial charge in [0, 0.05) is 17.8 Å². The van der Waals surface area contributed by atoms with E-state index in [9.17, 15) is 4.79 Å². The van der Waals surface area contributed by atoms with Crippen molar-refractivity contribution >= 4 is 5.78 Å². The van der Waals surface area contributed by atoms with E-state index in [4.69, 9.17) is 9.47 Å². The SMILES string of the molecule is COc1ccc(Oc2ccccn2)c(C(=O)c2ccc(C)cc2)c1. The number of carbonyl (C=O) groups excluding carboxylic acids is 1. The first kappa shape index (κ1) is 15.7. The van der Waals surface area contributed by atoms with Crippen molar-refractivity contribution in [3.05, 3.63) is 83.6 Å². The van der Waals surface area contributed by atoms with Crippen LogP contribution in [0, 0.1) is 6.92 Å². The van der Waals surface area contributed by atoms with E-state index in [0.29, 0.717) is 28.5 Å². The maximum atomic E-state index is 12.9. The van der Waals surface area contributed by atoms with Crippen LogP contribution in [0.2, 0.25) is 0 Å². The number of rotatable bonds is 5. The molecule has 0 unspecified atom stereocenters. The Bertz CT molecular complexity index is 843. The van der Waals surface area contributed by atoms with Crippen molar-refractivity contribution in [2.75, 3.05) is 7.11 Å². The largest absolute Gasteiger partial charge is 0.497 e. The molecule has 120 valence electrons. The monoisotopic (exact) mass is 319 g/mol. The predicted molar refractivity (Wildman–Crippen MR) is 91.9 cm³/mol. The van der Waals surface area contributed by atoms with Crippen LogP contribution < -0.4 is 9.47 Å². The number of pyridine rings is 1. The Morgan fingerprint density at radius 2 is 1.79 bits per heavy atom. The summed E-state index contributed by atoms with van der Waals surface area (Å²) in [5.41, 5.74) is 2.13. The van der Waals surface area contributed by atoms with Crippen LogP contribution in [0.4, 0.5) is 0 Å². The molecule has 0 spiro atoms. The smallest absolute Gasteiger partial charge is 0.219 e. The Kier molecular flexibility index (Phi) is 4.57. The summed E-state index contributed by atoms with van der Waals surface area (Å²) in [6.45, 7) is 1.98. The zero-order valence-electron chi connectivity index (χ0n) is 13.5. The molecule has 0 saturated carbocycles. The second kappa shape index (κ2) is 6.96. The lowest BCUT2D eigenvalue weighted by molar-refractivity contribution is 0.103. The lowest BCUT2D eigenvalue weighted by atomic mass is 10.0. The Hall–Kier alpha value is -3.14. The molecule has 2 aromatic carbocycles. The molecule has 3 aromatic rings. The van der Waals surface area contributed by atoms with Gasteiger partial charge < -0.3 is 9.47 Å². The van der Waals surface area contributed by atoms with Crippen LogP contribution in [0.25, 0.3) is 0 Å². The third-order valence-corrected chi connectivity index (χ3v) is 3.60. The molecule has 0 atom stereocenters. The lowest BCUT2D eigenvalue weighted by Gasteiger charge is -2.11. The second-order valence-corrected chi connectivity index (χ2v) is 5.33. The first-order valence-electron chi connectivity index (χ1n) is 7.55. The molecule has 0 radical (unpaired) electrons. The summed E-state index contributed by atoms with van der Waals surface area (Å²) < 4.78 is 11.0. The van der Waals surface area contributed by atoms with E-state index in [-0.39, 0.29) is 5.78 Å². The van der Waals surface area contributed by atoms with Crippen LogP contribution in [-0.4, -0.2) is 17.9 Å². The molecule has 3 rings (SSSR count). The lowest BCUT2D eigenvalue weighted by Crippen LogP contribution is -2.04. The molecule has 0 aliphatic carbocycles. The minimum absolute atomic E-state index is 0.125. The Morgan fingerprint density at radius 3 is 2.46 bits per heavy atom. The van der Waals surface area contributed by atoms with Gasteiger partial charge in [-0.05, 0) is 31.2 Å². The standard InChI is InChI=1S/C20H17NO3/c1-14-6-8-15(9-7-14)20(22)17-13-16(23-2)10-11-18(17)24-19-5-3-4-12-21-19/h3-13H,1-2H3. The van der Waals surface area contributed by atoms with Gasteiger partial charge >= 0.3 is 0 Å². The number of nitrogens with zero attached hydrogens (tertiary/aromatic N) is 1. The highest BCUT2D eigenvalue weighted by Crippen LogP contribution is 2.29. The maximum Gasteiger partial charge on any atom is 0.219 e. The summed E-state index contributed by atoms with van der Waals surface area (Å²) in [7, 11) is 1.56. The average molecular weight is 319 g/mol. The van der Waals surface area contributed by atoms with E-state index < -0.39 is 0 Å². The number of aryl methyl sites for hydroxylation is 1. The molecule has 0 N–H and O–H groups in total. The summed E-state index contributed by atoms with van der Waals surface area (Å²) in [5, 5.41) is 0. The molecular weight excluding hydrogens is 302 g/mol. The van der Waals surface area contributed by atoms with Crippen molar-refractivity contribution in [1.82, 2.24) is 4.98 Å². The van der Waals surface area contributed by atoms with Crippen molar-refractivity contribution in [3.8, 4) is 17.4 Å². The number of ketones is 1. The van der Waals surface area contributed by atoms with Crippen LogP contribution in [0.1, 0.15) is 21.5 Å². The van der Waals surface area contributed by atoms with Gasteiger partial charge in [-0.15, -0.1) is 0 Å². The fourth-order valence-corrected chi connectivity index (χ4v) is 2.28. The van der Waals surface area contributed by atoms with E-state index in [2.05, 4.69) is 4.98 Å². The van der Waals surface area contributed by atoms with E-state index in [1.807, 2.05) is 37.3 Å². The molecule has 1 heterocycles. The number of aromatic nitrogens is 1. The Labute approximate surface area is 140 Å². The molecule has 4 heteroatoms. The van der Waals surface area contributed by atoms with E-state index in [1.54, 1.807) is 43.6 Å². The molecule has 24 heavy (non-hydrogen) atoms. The zero-order valence-corrected chi connectivity index (χ0v) is 13.5. The van der Waals surface area contributed by atoms with Gasteiger partial charge in [-0.3, -0.25) is 4.79 Å². The number of benzene rings is 2. The van der Waals surface area contributed by atoms with Gasteiger partial charge in [0.1, 0.15) is 11.5 Å². The fourth-order valence-electron chi connectivity index (χ4n) is 2.28. The van der Waals surface area contributed by atoms with Gasteiger partial charge in [0.15, 0.2) is 5.78 Å². The van der Waals surface area contributed by atoms with Crippen molar-refractivity contribution in [2.24, 2.45) is 0 Å². The van der Waals surface area contributed by atoms with E-state index in [0.717, 1.165) is 5.56 Å². The molecule has 0 fully saturated rings. The van der Waals surface area contributed by atoms with Gasteiger partial charge in [-0.1, -0.05) is 35.9 Å². The zero-order chi connectivity index (χ0) is 16.9. The van der Waals surface area contributed by atoms with E-state index in [1.165, 1.54) is 0 Å². The van der Waals surface area contributed by atoms with Gasteiger partial charge in [0.25, 0.3) is 0 Å². The van der Waals surface area contributed by atoms with Gasteiger partial charge in [-0.25, -0.2) is 4.98 Å². The van der Waals surface area contributed by atoms with Crippen molar-refractivity contribution in [1.29, 1.82) is 0 Å². The third kappa shape index (κ3) is 3.43. The summed E-state index contributed by atoms with van der Waals surface area (Å²) in [6.07, 6.45) is 1.64. The predicted octanol–water partition coefficient (Wildman–Crippen LogP) is 4.42. The van der Waals surface area contributed by atoms with Crippen molar-refractivity contribution < 1.29 is 14.3 Å². The Morgan fingerprint density at radius 1 is 1.00 bits per heavy atom. The summed E-state index contributed by atoms with van der Waals surface area (Å²) in [6, 6.07) is 18.0. The highest BCUT2D eigenvalue weighted by atomic mass is 16.5. The van der Waals surface area contributed by atoms with Crippen LogP contribution >= 0.6 is 0 Å². The van der Waals surface area contributed by atoms with Crippen LogP contribution in [0.15, 0.2) is 66.9 Å². The van der Waals surface area contributed by atoms with Crippen LogP contribution in [0.3, 0.4) is 0 Å². The highest BCUT2D eigenvalue weighted by molar-refractivity contribution is 6.11. The second-order valence-electron chi connectivity index (χ2n) is 5.33. The first-order chi connectivity index (χ1) is 11.7. The molecule has 4 nitrogen and oxygen atoms in total. The number of ether oxygens (including phenoxy) is 2. The topological polar surface area (TPSA) is 48.4 Å². The summed E-state index contributed by atoms with van der Waals surface area (Å²) in [4.78, 5) is 17.0. The normalized spacial score (nSPS) is 10.2. The summed E-state index contributed by atoms with van der Waals surface area (Å²) in [5.74, 6) is 1.35. The number of hydrogen-bond acceptors (Lipinski definition) is 4. The van der Waals surface area contributed by atoms with E-state index >= 15 is 0 Å². The van der Waals surface area contributed by atoms with Gasteiger partial charge in [0.2, 0.25) is 5.88 Å². The molecule has 0 bridgehead atoms. The highest BCUT2D eigenvalue weighted by Gasteiger charge is 2.17. The minimum atomic E-state index is -0.125. The quantitative estimate of drug-likeness (QED) is 0.653. The summed E-state index contributed by atoms with van der Waals surface area (Å²) >= 11 is 0. The minimum Gasteiger partial charge on any atom is -0.497 e. The van der Waals surface area contributed by atoms with Gasteiger partial charge in [-0.2, -0.15) is 0 Å². The molecule has 0 aliphatic rings. The first-order valence-corrected chi connectivity index (χ1v) is 7.55. The molecular formula is C20H17NO3. The van der Waals surface area contributed by atoms with Crippen molar-refractivity contribution in [2.45, 2.75) is 6.92 Å². The number of hydrogen-bond donors (Lipinski definition) is 0. The molecule has 1 aromatic heterocycles. The fraction of sp³-hybridized carbons (Fsp3) is 0.100. The van der Waals surface area contributed by atoms with Crippen LogP contribution in [-0.2, 0) is 0 Å². The third-order valence-electron chi connectivity index (χ3n) is 3.60. The number of carbonyl (C=O) groups is 1. The molecule has 0 aliphatic heterocycles. The van der Waals surface area contributed by atoms with Crippen LogP contribution in [0.5, 0.6) is 17.4 Å². The van der Waals surface area contributed by atoms with Crippen molar-refractivity contribution in [3.63, 3.8) is 0 Å². The molecule has 0 saturated heterocycles.